The van der Waals surface area contributed by atoms with Gasteiger partial charge in [0.1, 0.15) is 0 Å². The van der Waals surface area contributed by atoms with Crippen LogP contribution < -0.4 is 0 Å². The first-order valence-corrected chi connectivity index (χ1v) is 5.90. The first-order valence-electron chi connectivity index (χ1n) is 3.05. The Morgan fingerprint density at radius 1 is 1.15 bits per heavy atom. The van der Waals surface area contributed by atoms with Crippen LogP contribution in [0.5, 0.6) is 0 Å². The van der Waals surface area contributed by atoms with Crippen molar-refractivity contribution in [3.8, 4) is 5.13 Å². The first-order chi connectivity index (χ1) is 6.16. The smallest absolute Gasteiger partial charge is 0.231 e. The molecule has 2 aromatic heterocycles. The summed E-state index contributed by atoms with van der Waals surface area (Å²) in [5, 5.41) is 10.2. The van der Waals surface area contributed by atoms with Crippen LogP contribution in [0.15, 0.2) is 0 Å². The largest absolute Gasteiger partial charge is 0.271 e. The van der Waals surface area contributed by atoms with Crippen molar-refractivity contribution in [3.63, 3.8) is 0 Å². The van der Waals surface area contributed by atoms with Gasteiger partial charge in [-0.15, -0.1) is 5.10 Å². The van der Waals surface area contributed by atoms with Gasteiger partial charge in [-0.25, -0.2) is 4.68 Å². The SMILES string of the molecule is S=c1[nH]nc(-n2[nH]c(=S)sc2=S)s1. The Morgan fingerprint density at radius 2 is 1.92 bits per heavy atom. The minimum Gasteiger partial charge on any atom is -0.271 e. The second-order valence-corrected chi connectivity index (χ2v) is 5.95. The highest BCUT2D eigenvalue weighted by molar-refractivity contribution is 7.75. The number of H-pyrrole nitrogens is 2. The number of nitrogens with zero attached hydrogens (tertiary/aromatic N) is 2. The Balaban J connectivity index is 2.71. The summed E-state index contributed by atoms with van der Waals surface area (Å²) in [6, 6.07) is 0. The van der Waals surface area contributed by atoms with Gasteiger partial charge >= 0.3 is 0 Å². The van der Waals surface area contributed by atoms with Gasteiger partial charge in [0.05, 0.1) is 0 Å². The first kappa shape index (κ1) is 9.34. The molecule has 2 N–H and O–H groups in total. The van der Waals surface area contributed by atoms with E-state index in [0.717, 1.165) is 0 Å². The van der Waals surface area contributed by atoms with Crippen LogP contribution in [-0.4, -0.2) is 20.0 Å². The summed E-state index contributed by atoms with van der Waals surface area (Å²) >= 11 is 17.6. The van der Waals surface area contributed by atoms with E-state index in [4.69, 9.17) is 36.7 Å². The standard InChI is InChI=1S/C4H2N4S5/c9-2-6-5-1(12-2)8-4(11)13-3(10)7-8/h(H,6,9)(H,7,10). The highest BCUT2D eigenvalue weighted by Crippen LogP contribution is 2.13. The molecule has 0 amide bonds. The van der Waals surface area contributed by atoms with E-state index in [9.17, 15) is 0 Å². The molecule has 4 nitrogen and oxygen atoms in total. The molecule has 2 aromatic rings. The lowest BCUT2D eigenvalue weighted by Gasteiger charge is -1.90. The van der Waals surface area contributed by atoms with Gasteiger partial charge in [0, 0.05) is 0 Å². The Bertz CT molecular complexity index is 578. The van der Waals surface area contributed by atoms with Gasteiger partial charge in [0.25, 0.3) is 0 Å². The monoisotopic (exact) mass is 266 g/mol. The third-order valence-corrected chi connectivity index (χ3v) is 3.67. The molecular formula is C4H2N4S5. The summed E-state index contributed by atoms with van der Waals surface area (Å²) in [5.74, 6) is 0. The van der Waals surface area contributed by atoms with E-state index in [1.807, 2.05) is 0 Å². The summed E-state index contributed by atoms with van der Waals surface area (Å²) < 4.78 is 3.52. The molecular weight excluding hydrogens is 264 g/mol. The molecule has 0 spiro atoms. The maximum atomic E-state index is 5.07. The van der Waals surface area contributed by atoms with Crippen LogP contribution in [0.3, 0.4) is 0 Å². The fourth-order valence-electron chi connectivity index (χ4n) is 0.728. The minimum atomic E-state index is 0.613. The Kier molecular flexibility index (Phi) is 2.51. The zero-order valence-corrected chi connectivity index (χ0v) is 10.0. The van der Waals surface area contributed by atoms with Gasteiger partial charge in [-0.3, -0.25) is 10.2 Å². The third kappa shape index (κ3) is 1.83. The zero-order chi connectivity index (χ0) is 9.42. The van der Waals surface area contributed by atoms with E-state index < -0.39 is 0 Å². The summed E-state index contributed by atoms with van der Waals surface area (Å²) in [6.07, 6.45) is 0. The van der Waals surface area contributed by atoms with Gasteiger partial charge in [0.2, 0.25) is 5.13 Å². The molecule has 0 atom stereocenters. The summed E-state index contributed by atoms with van der Waals surface area (Å²) in [7, 11) is 0. The fourth-order valence-corrected chi connectivity index (χ4v) is 3.08. The van der Waals surface area contributed by atoms with Crippen molar-refractivity contribution < 1.29 is 0 Å². The Morgan fingerprint density at radius 3 is 2.38 bits per heavy atom. The molecule has 9 heteroatoms. The van der Waals surface area contributed by atoms with Crippen molar-refractivity contribution in [2.45, 2.75) is 0 Å². The lowest BCUT2D eigenvalue weighted by atomic mass is 11.1. The average Bonchev–Trinajstić information content (AvgIpc) is 2.58. The fraction of sp³-hybridized carbons (Fsp3) is 0. The Labute approximate surface area is 95.9 Å². The number of hydrogen-bond donors (Lipinski definition) is 2. The third-order valence-electron chi connectivity index (χ3n) is 1.18. The van der Waals surface area contributed by atoms with Gasteiger partial charge in [-0.1, -0.05) is 22.7 Å². The molecule has 2 heterocycles. The van der Waals surface area contributed by atoms with Gasteiger partial charge < -0.3 is 0 Å². The number of aromatic amines is 2. The van der Waals surface area contributed by atoms with E-state index in [1.54, 1.807) is 4.68 Å². The van der Waals surface area contributed by atoms with Crippen LogP contribution in [0.25, 0.3) is 5.13 Å². The quantitative estimate of drug-likeness (QED) is 0.779. The van der Waals surface area contributed by atoms with Crippen molar-refractivity contribution in [2.75, 3.05) is 0 Å². The number of rotatable bonds is 1. The molecule has 0 aliphatic carbocycles. The van der Waals surface area contributed by atoms with Crippen molar-refractivity contribution in [1.82, 2.24) is 20.0 Å². The predicted octanol–water partition coefficient (Wildman–Crippen LogP) is 2.84. The van der Waals surface area contributed by atoms with Gasteiger partial charge in [0.15, 0.2) is 11.9 Å². The Hall–Kier alpha value is -0.220. The molecule has 13 heavy (non-hydrogen) atoms. The lowest BCUT2D eigenvalue weighted by Crippen LogP contribution is -1.94. The number of aromatic nitrogens is 4. The molecule has 0 saturated heterocycles. The maximum Gasteiger partial charge on any atom is 0.231 e. The van der Waals surface area contributed by atoms with Crippen LogP contribution in [0, 0.1) is 11.9 Å². The van der Waals surface area contributed by atoms with Crippen molar-refractivity contribution in [2.24, 2.45) is 0 Å². The summed E-state index contributed by atoms with van der Waals surface area (Å²) in [4.78, 5) is 0. The molecule has 0 aromatic carbocycles. The average molecular weight is 266 g/mol. The van der Waals surface area contributed by atoms with Crippen molar-refractivity contribution in [3.05, 3.63) is 11.9 Å². The zero-order valence-electron chi connectivity index (χ0n) is 5.94. The van der Waals surface area contributed by atoms with Crippen LogP contribution in [0.1, 0.15) is 0 Å². The summed E-state index contributed by atoms with van der Waals surface area (Å²) in [6.45, 7) is 0. The highest BCUT2D eigenvalue weighted by atomic mass is 32.2. The molecule has 0 radical (unpaired) electrons. The molecule has 0 fully saturated rings. The van der Waals surface area contributed by atoms with E-state index >= 15 is 0 Å². The molecule has 68 valence electrons. The normalized spacial score (nSPS) is 10.5. The van der Waals surface area contributed by atoms with Crippen LogP contribution in [0.2, 0.25) is 0 Å². The molecule has 0 saturated carbocycles. The molecule has 0 aliphatic heterocycles. The maximum absolute atomic E-state index is 5.07. The lowest BCUT2D eigenvalue weighted by molar-refractivity contribution is 0.832. The molecule has 2 rings (SSSR count). The molecule has 0 unspecified atom stereocenters. The topological polar surface area (TPSA) is 49.4 Å². The number of hydrogen-bond acceptors (Lipinski definition) is 6. The van der Waals surface area contributed by atoms with E-state index in [0.29, 0.717) is 17.0 Å². The van der Waals surface area contributed by atoms with Gasteiger partial charge in [-0.05, 0) is 36.7 Å². The van der Waals surface area contributed by atoms with Gasteiger partial charge in [-0.2, -0.15) is 0 Å². The minimum absolute atomic E-state index is 0.613. The van der Waals surface area contributed by atoms with E-state index in [2.05, 4.69) is 15.3 Å². The summed E-state index contributed by atoms with van der Waals surface area (Å²) in [5.41, 5.74) is 0. The van der Waals surface area contributed by atoms with Crippen molar-refractivity contribution >= 4 is 59.3 Å². The van der Waals surface area contributed by atoms with Crippen LogP contribution in [0.4, 0.5) is 0 Å². The van der Waals surface area contributed by atoms with E-state index in [1.165, 1.54) is 22.7 Å². The second kappa shape index (κ2) is 3.50. The van der Waals surface area contributed by atoms with E-state index in [-0.39, 0.29) is 0 Å². The highest BCUT2D eigenvalue weighted by Gasteiger charge is 2.02. The number of nitrogens with one attached hydrogen (secondary N) is 2. The predicted molar refractivity (Wildman–Crippen MR) is 60.5 cm³/mol. The molecule has 0 aliphatic rings. The van der Waals surface area contributed by atoms with Crippen LogP contribution >= 0.6 is 59.3 Å². The van der Waals surface area contributed by atoms with Crippen LogP contribution in [-0.2, 0) is 0 Å². The second-order valence-electron chi connectivity index (χ2n) is 2.00. The van der Waals surface area contributed by atoms with Crippen molar-refractivity contribution in [1.29, 1.82) is 0 Å². The molecule has 0 bridgehead atoms.